The van der Waals surface area contributed by atoms with Gasteiger partial charge in [-0.15, -0.1) is 6.58 Å². The van der Waals surface area contributed by atoms with Gasteiger partial charge in [-0.2, -0.15) is 0 Å². The van der Waals surface area contributed by atoms with Gasteiger partial charge >= 0.3 is 11.9 Å². The van der Waals surface area contributed by atoms with Crippen LogP contribution in [-0.2, 0) is 19.1 Å². The molecule has 0 aliphatic rings. The van der Waals surface area contributed by atoms with Crippen molar-refractivity contribution < 1.29 is 19.1 Å². The minimum absolute atomic E-state index is 0.0842. The Kier molecular flexibility index (Phi) is 7.76. The average Bonchev–Trinajstić information content (AvgIpc) is 2.35. The quantitative estimate of drug-likeness (QED) is 0.360. The molecule has 0 rings (SSSR count). The molecule has 4 heteroatoms. The zero-order valence-corrected chi connectivity index (χ0v) is 11.2. The van der Waals surface area contributed by atoms with Crippen molar-refractivity contribution in [2.45, 2.75) is 33.1 Å². The lowest BCUT2D eigenvalue weighted by atomic mass is 9.80. The summed E-state index contributed by atoms with van der Waals surface area (Å²) in [7, 11) is 0. The predicted octanol–water partition coefficient (Wildman–Crippen LogP) is 2.64. The lowest BCUT2D eigenvalue weighted by molar-refractivity contribution is -0.172. The summed E-state index contributed by atoms with van der Waals surface area (Å²) in [6.45, 7) is 11.0. The second-order valence-electron chi connectivity index (χ2n) is 3.93. The first-order valence-electron chi connectivity index (χ1n) is 6.15. The third-order valence-electron chi connectivity index (χ3n) is 2.56. The van der Waals surface area contributed by atoms with E-state index in [-0.39, 0.29) is 19.6 Å². The van der Waals surface area contributed by atoms with Crippen LogP contribution in [0.15, 0.2) is 25.3 Å². The maximum atomic E-state index is 12.1. The van der Waals surface area contributed by atoms with E-state index in [0.717, 1.165) is 0 Å². The van der Waals surface area contributed by atoms with Gasteiger partial charge in [0.1, 0.15) is 6.61 Å². The number of hydrogen-bond acceptors (Lipinski definition) is 4. The van der Waals surface area contributed by atoms with Crippen LogP contribution in [0.1, 0.15) is 33.1 Å². The summed E-state index contributed by atoms with van der Waals surface area (Å²) in [5.74, 6) is -1.11. The van der Waals surface area contributed by atoms with Crippen molar-refractivity contribution >= 4 is 11.9 Å². The fourth-order valence-electron chi connectivity index (χ4n) is 1.77. The van der Waals surface area contributed by atoms with Crippen LogP contribution in [0.2, 0.25) is 0 Å². The first-order valence-corrected chi connectivity index (χ1v) is 6.15. The van der Waals surface area contributed by atoms with Crippen molar-refractivity contribution in [3.63, 3.8) is 0 Å². The number of esters is 2. The number of ether oxygens (including phenoxy) is 2. The minimum Gasteiger partial charge on any atom is -0.465 e. The van der Waals surface area contributed by atoms with E-state index in [2.05, 4.69) is 13.2 Å². The molecule has 0 spiro atoms. The zero-order valence-electron chi connectivity index (χ0n) is 11.2. The molecular formula is C14H22O4. The minimum atomic E-state index is -1.27. The van der Waals surface area contributed by atoms with E-state index >= 15 is 0 Å². The number of rotatable bonds is 9. The standard InChI is InChI=1S/C14H22O4/c1-5-9-14(10-6-2,12(15)17-8-4)13(16)18-11-7-3/h5,7H,1,3,6,8-11H2,2,4H3. The molecule has 0 radical (unpaired) electrons. The number of carbonyl (C=O) groups excluding carboxylic acids is 2. The third-order valence-corrected chi connectivity index (χ3v) is 2.56. The third kappa shape index (κ3) is 4.02. The molecule has 1 atom stereocenters. The number of hydrogen-bond donors (Lipinski definition) is 0. The number of carbonyl (C=O) groups is 2. The second kappa shape index (κ2) is 8.50. The van der Waals surface area contributed by atoms with E-state index in [1.165, 1.54) is 6.08 Å². The van der Waals surface area contributed by atoms with Gasteiger partial charge in [0.05, 0.1) is 6.61 Å². The van der Waals surface area contributed by atoms with Gasteiger partial charge in [0, 0.05) is 0 Å². The Bertz CT molecular complexity index is 309. The van der Waals surface area contributed by atoms with Gasteiger partial charge < -0.3 is 9.47 Å². The van der Waals surface area contributed by atoms with Gasteiger partial charge in [-0.1, -0.05) is 32.1 Å². The van der Waals surface area contributed by atoms with Crippen LogP contribution in [0.3, 0.4) is 0 Å². The first kappa shape index (κ1) is 16.4. The highest BCUT2D eigenvalue weighted by Crippen LogP contribution is 2.32. The average molecular weight is 254 g/mol. The topological polar surface area (TPSA) is 52.6 Å². The number of allylic oxidation sites excluding steroid dienone is 1. The van der Waals surface area contributed by atoms with Crippen LogP contribution in [-0.4, -0.2) is 25.2 Å². The summed E-state index contributed by atoms with van der Waals surface area (Å²) < 4.78 is 10.0. The van der Waals surface area contributed by atoms with Crippen molar-refractivity contribution in [1.82, 2.24) is 0 Å². The maximum Gasteiger partial charge on any atom is 0.324 e. The molecular weight excluding hydrogens is 232 g/mol. The Morgan fingerprint density at radius 3 is 2.17 bits per heavy atom. The Labute approximate surface area is 109 Å². The molecule has 0 saturated heterocycles. The van der Waals surface area contributed by atoms with Crippen LogP contribution in [0, 0.1) is 5.41 Å². The van der Waals surface area contributed by atoms with Gasteiger partial charge in [0.25, 0.3) is 0 Å². The molecule has 0 amide bonds. The van der Waals surface area contributed by atoms with E-state index in [9.17, 15) is 9.59 Å². The lowest BCUT2D eigenvalue weighted by Gasteiger charge is -2.27. The molecule has 0 aromatic carbocycles. The maximum absolute atomic E-state index is 12.1. The highest BCUT2D eigenvalue weighted by molar-refractivity contribution is 6.00. The van der Waals surface area contributed by atoms with Crippen LogP contribution in [0.25, 0.3) is 0 Å². The largest absolute Gasteiger partial charge is 0.465 e. The molecule has 0 saturated carbocycles. The molecule has 102 valence electrons. The van der Waals surface area contributed by atoms with Gasteiger partial charge in [-0.05, 0) is 19.8 Å². The van der Waals surface area contributed by atoms with E-state index in [4.69, 9.17) is 9.47 Å². The summed E-state index contributed by atoms with van der Waals surface area (Å²) >= 11 is 0. The zero-order chi connectivity index (χ0) is 14.0. The van der Waals surface area contributed by atoms with E-state index < -0.39 is 17.4 Å². The van der Waals surface area contributed by atoms with Crippen molar-refractivity contribution in [3.8, 4) is 0 Å². The Morgan fingerprint density at radius 1 is 1.11 bits per heavy atom. The summed E-state index contributed by atoms with van der Waals surface area (Å²) in [5.41, 5.74) is -1.27. The molecule has 0 N–H and O–H groups in total. The fourth-order valence-corrected chi connectivity index (χ4v) is 1.77. The molecule has 0 aliphatic carbocycles. The molecule has 4 nitrogen and oxygen atoms in total. The van der Waals surface area contributed by atoms with Crippen molar-refractivity contribution in [3.05, 3.63) is 25.3 Å². The smallest absolute Gasteiger partial charge is 0.324 e. The SMILES string of the molecule is C=CCOC(=O)C(CC=C)(CCC)C(=O)OCC. The van der Waals surface area contributed by atoms with Gasteiger partial charge in [0.15, 0.2) is 5.41 Å². The lowest BCUT2D eigenvalue weighted by Crippen LogP contribution is -2.41. The van der Waals surface area contributed by atoms with E-state index in [0.29, 0.717) is 12.8 Å². The summed E-state index contributed by atoms with van der Waals surface area (Å²) in [5, 5.41) is 0. The molecule has 1 unspecified atom stereocenters. The Morgan fingerprint density at radius 2 is 1.72 bits per heavy atom. The fraction of sp³-hybridized carbons (Fsp3) is 0.571. The Balaban J connectivity index is 5.16. The van der Waals surface area contributed by atoms with Crippen molar-refractivity contribution in [1.29, 1.82) is 0 Å². The van der Waals surface area contributed by atoms with Gasteiger partial charge in [-0.3, -0.25) is 9.59 Å². The molecule has 0 aromatic heterocycles. The molecule has 0 aromatic rings. The van der Waals surface area contributed by atoms with E-state index in [1.807, 2.05) is 6.92 Å². The van der Waals surface area contributed by atoms with Gasteiger partial charge in [0.2, 0.25) is 0 Å². The summed E-state index contributed by atoms with van der Waals surface area (Å²) in [6.07, 6.45) is 4.29. The van der Waals surface area contributed by atoms with Crippen molar-refractivity contribution in [2.75, 3.05) is 13.2 Å². The molecule has 0 bridgehead atoms. The van der Waals surface area contributed by atoms with Crippen LogP contribution < -0.4 is 0 Å². The molecule has 0 aliphatic heterocycles. The highest BCUT2D eigenvalue weighted by Gasteiger charge is 2.46. The molecule has 18 heavy (non-hydrogen) atoms. The Hall–Kier alpha value is -1.58. The second-order valence-corrected chi connectivity index (χ2v) is 3.93. The van der Waals surface area contributed by atoms with Gasteiger partial charge in [-0.25, -0.2) is 0 Å². The summed E-state index contributed by atoms with van der Waals surface area (Å²) in [4.78, 5) is 24.2. The van der Waals surface area contributed by atoms with Crippen LogP contribution in [0.4, 0.5) is 0 Å². The van der Waals surface area contributed by atoms with E-state index in [1.54, 1.807) is 13.0 Å². The molecule has 0 fully saturated rings. The first-order chi connectivity index (χ1) is 8.58. The summed E-state index contributed by atoms with van der Waals surface area (Å²) in [6, 6.07) is 0. The normalized spacial score (nSPS) is 13.2. The molecule has 0 heterocycles. The predicted molar refractivity (Wildman–Crippen MR) is 69.9 cm³/mol. The highest BCUT2D eigenvalue weighted by atomic mass is 16.6. The van der Waals surface area contributed by atoms with Crippen LogP contribution >= 0.6 is 0 Å². The van der Waals surface area contributed by atoms with Crippen molar-refractivity contribution in [2.24, 2.45) is 5.41 Å². The monoisotopic (exact) mass is 254 g/mol. The van der Waals surface area contributed by atoms with Crippen LogP contribution in [0.5, 0.6) is 0 Å².